The number of carbonyl (C=O) groups excluding carboxylic acids is 1. The fraction of sp³-hybridized carbons (Fsp3) is 0.619. The third kappa shape index (κ3) is 9.51. The Labute approximate surface area is 178 Å². The second kappa shape index (κ2) is 13.5. The molecule has 0 aliphatic carbocycles. The highest BCUT2D eigenvalue weighted by Gasteiger charge is 2.13. The number of rotatable bonds is 10. The monoisotopic (exact) mass is 422 g/mol. The van der Waals surface area contributed by atoms with E-state index in [1.165, 1.54) is 0 Å². The van der Waals surface area contributed by atoms with Crippen LogP contribution in [0.1, 0.15) is 24.0 Å². The Balaban J connectivity index is 1.84. The second-order valence-corrected chi connectivity index (χ2v) is 8.15. The lowest BCUT2D eigenvalue weighted by Gasteiger charge is -2.22. The summed E-state index contributed by atoms with van der Waals surface area (Å²) in [4.78, 5) is 18.0. The molecule has 2 N–H and O–H groups in total. The summed E-state index contributed by atoms with van der Waals surface area (Å²) in [5.74, 6) is 1.64. The largest absolute Gasteiger partial charge is 0.381 e. The van der Waals surface area contributed by atoms with Crippen LogP contribution in [0.4, 0.5) is 0 Å². The van der Waals surface area contributed by atoms with Crippen LogP contribution in [0.5, 0.6) is 0 Å². The van der Waals surface area contributed by atoms with Crippen molar-refractivity contribution in [2.24, 2.45) is 4.99 Å². The molecule has 2 rings (SSSR count). The number of likely N-dealkylation sites (N-methyl/N-ethyl adjacent to an activating group) is 1. The highest BCUT2D eigenvalue weighted by molar-refractivity contribution is 7.98. The molecular formula is C21H34N4O3S. The summed E-state index contributed by atoms with van der Waals surface area (Å²) >= 11 is 1.76. The van der Waals surface area contributed by atoms with E-state index in [4.69, 9.17) is 9.47 Å². The molecule has 0 radical (unpaired) electrons. The molecule has 1 amide bonds. The number of hydrogen-bond donors (Lipinski definition) is 2. The van der Waals surface area contributed by atoms with Crippen LogP contribution in [0.3, 0.4) is 0 Å². The van der Waals surface area contributed by atoms with E-state index in [1.54, 1.807) is 30.8 Å². The third-order valence-corrected chi connectivity index (χ3v) is 5.21. The van der Waals surface area contributed by atoms with Crippen LogP contribution < -0.4 is 10.6 Å². The first-order valence-electron chi connectivity index (χ1n) is 10.1. The van der Waals surface area contributed by atoms with E-state index in [0.29, 0.717) is 25.2 Å². The highest BCUT2D eigenvalue weighted by atomic mass is 32.2. The number of benzene rings is 1. The van der Waals surface area contributed by atoms with Crippen molar-refractivity contribution in [3.63, 3.8) is 0 Å². The molecule has 0 bridgehead atoms. The van der Waals surface area contributed by atoms with E-state index in [0.717, 1.165) is 49.5 Å². The summed E-state index contributed by atoms with van der Waals surface area (Å²) in [6.07, 6.45) is 4.32. The maximum Gasteiger partial charge on any atom is 0.241 e. The van der Waals surface area contributed by atoms with Crippen LogP contribution in [-0.4, -0.2) is 75.3 Å². The zero-order valence-corrected chi connectivity index (χ0v) is 18.6. The Morgan fingerprint density at radius 3 is 2.55 bits per heavy atom. The molecular weight excluding hydrogens is 388 g/mol. The molecule has 0 aromatic heterocycles. The minimum Gasteiger partial charge on any atom is -0.381 e. The maximum absolute atomic E-state index is 11.8. The van der Waals surface area contributed by atoms with Crippen molar-refractivity contribution in [1.82, 2.24) is 15.5 Å². The summed E-state index contributed by atoms with van der Waals surface area (Å²) in [6.45, 7) is 3.79. The molecule has 0 atom stereocenters. The van der Waals surface area contributed by atoms with Crippen molar-refractivity contribution in [2.45, 2.75) is 32.1 Å². The topological polar surface area (TPSA) is 75.2 Å². The van der Waals surface area contributed by atoms with E-state index in [9.17, 15) is 4.79 Å². The van der Waals surface area contributed by atoms with E-state index in [2.05, 4.69) is 46.1 Å². The van der Waals surface area contributed by atoms with Gasteiger partial charge >= 0.3 is 0 Å². The third-order valence-electron chi connectivity index (χ3n) is 4.60. The fourth-order valence-electron chi connectivity index (χ4n) is 2.73. The molecule has 1 aliphatic heterocycles. The zero-order valence-electron chi connectivity index (χ0n) is 17.8. The average molecular weight is 423 g/mol. The van der Waals surface area contributed by atoms with Gasteiger partial charge in [-0.15, -0.1) is 0 Å². The van der Waals surface area contributed by atoms with Crippen LogP contribution in [-0.2, 0) is 27.4 Å². The summed E-state index contributed by atoms with van der Waals surface area (Å²) < 4.78 is 11.3. The van der Waals surface area contributed by atoms with E-state index < -0.39 is 0 Å². The SMILES string of the molecule is CSCCNC(=NCc1ccc(COC2CCOCC2)cc1)NCC(=O)N(C)C. The molecule has 1 aromatic carbocycles. The van der Waals surface area contributed by atoms with Gasteiger partial charge in [-0.2, -0.15) is 11.8 Å². The van der Waals surface area contributed by atoms with Crippen LogP contribution in [0.25, 0.3) is 0 Å². The number of guanidine groups is 1. The molecule has 1 aliphatic rings. The van der Waals surface area contributed by atoms with E-state index in [-0.39, 0.29) is 12.5 Å². The maximum atomic E-state index is 11.8. The molecule has 1 fully saturated rings. The van der Waals surface area contributed by atoms with Gasteiger partial charge in [0, 0.05) is 39.6 Å². The van der Waals surface area contributed by atoms with Crippen LogP contribution in [0, 0.1) is 0 Å². The molecule has 1 heterocycles. The highest BCUT2D eigenvalue weighted by Crippen LogP contribution is 2.14. The van der Waals surface area contributed by atoms with Crippen LogP contribution in [0.2, 0.25) is 0 Å². The number of nitrogens with one attached hydrogen (secondary N) is 2. The second-order valence-electron chi connectivity index (χ2n) is 7.17. The molecule has 0 spiro atoms. The number of ether oxygens (including phenoxy) is 2. The van der Waals surface area contributed by atoms with E-state index >= 15 is 0 Å². The Morgan fingerprint density at radius 2 is 1.90 bits per heavy atom. The van der Waals surface area contributed by atoms with Crippen molar-refractivity contribution in [2.75, 3.05) is 52.4 Å². The van der Waals surface area contributed by atoms with Crippen molar-refractivity contribution in [3.05, 3.63) is 35.4 Å². The van der Waals surface area contributed by atoms with Crippen molar-refractivity contribution in [3.8, 4) is 0 Å². The Kier molecular flexibility index (Phi) is 10.9. The van der Waals surface area contributed by atoms with Gasteiger partial charge in [-0.1, -0.05) is 24.3 Å². The van der Waals surface area contributed by atoms with Crippen molar-refractivity contribution >= 4 is 23.6 Å². The normalized spacial score (nSPS) is 15.2. The van der Waals surface area contributed by atoms with Gasteiger partial charge in [-0.3, -0.25) is 4.79 Å². The minimum atomic E-state index is 0.0123. The van der Waals surface area contributed by atoms with Crippen molar-refractivity contribution < 1.29 is 14.3 Å². The van der Waals surface area contributed by atoms with Gasteiger partial charge in [0.1, 0.15) is 0 Å². The van der Waals surface area contributed by atoms with Crippen molar-refractivity contribution in [1.29, 1.82) is 0 Å². The summed E-state index contributed by atoms with van der Waals surface area (Å²) in [5, 5.41) is 6.38. The molecule has 1 saturated heterocycles. The Bertz CT molecular complexity index is 631. The predicted molar refractivity (Wildman–Crippen MR) is 119 cm³/mol. The first-order chi connectivity index (χ1) is 14.1. The average Bonchev–Trinajstić information content (AvgIpc) is 2.75. The van der Waals surface area contributed by atoms with Crippen LogP contribution >= 0.6 is 11.8 Å². The molecule has 29 heavy (non-hydrogen) atoms. The molecule has 1 aromatic rings. The first kappa shape index (κ1) is 23.5. The quantitative estimate of drug-likeness (QED) is 0.341. The lowest BCUT2D eigenvalue weighted by molar-refractivity contribution is -0.127. The number of hydrogen-bond acceptors (Lipinski definition) is 5. The van der Waals surface area contributed by atoms with Gasteiger partial charge in [0.05, 0.1) is 25.8 Å². The molecule has 0 saturated carbocycles. The first-order valence-corrected chi connectivity index (χ1v) is 11.5. The number of thioether (sulfide) groups is 1. The van der Waals surface area contributed by atoms with Gasteiger partial charge in [0.15, 0.2) is 5.96 Å². The Hall–Kier alpha value is -1.77. The fourth-order valence-corrected chi connectivity index (χ4v) is 3.04. The lowest BCUT2D eigenvalue weighted by atomic mass is 10.1. The van der Waals surface area contributed by atoms with Gasteiger partial charge < -0.3 is 25.0 Å². The smallest absolute Gasteiger partial charge is 0.241 e. The number of carbonyl (C=O) groups is 1. The Morgan fingerprint density at radius 1 is 1.21 bits per heavy atom. The van der Waals surface area contributed by atoms with Gasteiger partial charge in [0.25, 0.3) is 0 Å². The van der Waals surface area contributed by atoms with E-state index in [1.807, 2.05) is 0 Å². The zero-order chi connectivity index (χ0) is 20.9. The summed E-state index contributed by atoms with van der Waals surface area (Å²) in [5.41, 5.74) is 2.28. The summed E-state index contributed by atoms with van der Waals surface area (Å²) in [7, 11) is 3.49. The number of nitrogens with zero attached hydrogens (tertiary/aromatic N) is 2. The molecule has 0 unspecified atom stereocenters. The van der Waals surface area contributed by atoms with Gasteiger partial charge in [-0.25, -0.2) is 4.99 Å². The molecule has 7 nitrogen and oxygen atoms in total. The summed E-state index contributed by atoms with van der Waals surface area (Å²) in [6, 6.07) is 8.34. The van der Waals surface area contributed by atoms with Gasteiger partial charge in [-0.05, 0) is 30.2 Å². The van der Waals surface area contributed by atoms with Gasteiger partial charge in [0.2, 0.25) is 5.91 Å². The standard InChI is InChI=1S/C21H34N4O3S/c1-25(2)20(26)15-24-21(22-10-13-29-3)23-14-17-4-6-18(7-5-17)16-28-19-8-11-27-12-9-19/h4-7,19H,8-16H2,1-3H3,(H2,22,23,24). The molecule has 8 heteroatoms. The lowest BCUT2D eigenvalue weighted by Crippen LogP contribution is -2.43. The minimum absolute atomic E-state index is 0.0123. The number of amides is 1. The molecule has 162 valence electrons. The predicted octanol–water partition coefficient (Wildman–Crippen LogP) is 1.87. The number of aliphatic imine (C=N–C) groups is 1. The van der Waals surface area contributed by atoms with Crippen LogP contribution in [0.15, 0.2) is 29.3 Å².